The fourth-order valence-electron chi connectivity index (χ4n) is 3.27. The van der Waals surface area contributed by atoms with Crippen LogP contribution >= 0.6 is 0 Å². The molecule has 0 aromatic heterocycles. The molecule has 1 heteroatoms. The van der Waals surface area contributed by atoms with Crippen LogP contribution in [0.5, 0.6) is 0 Å². The molecule has 2 atom stereocenters. The van der Waals surface area contributed by atoms with E-state index in [4.69, 9.17) is 0 Å². The van der Waals surface area contributed by atoms with Gasteiger partial charge in [0, 0.05) is 0 Å². The molecule has 0 amide bonds. The molecule has 1 N–H and O–H groups in total. The zero-order valence-electron chi connectivity index (χ0n) is 13.0. The van der Waals surface area contributed by atoms with Crippen molar-refractivity contribution in [1.29, 1.82) is 0 Å². The summed E-state index contributed by atoms with van der Waals surface area (Å²) in [4.78, 5) is 0. The molecule has 2 rings (SSSR count). The second kappa shape index (κ2) is 6.56. The Balaban J connectivity index is 1.99. The van der Waals surface area contributed by atoms with Crippen LogP contribution in [0.2, 0.25) is 0 Å². The summed E-state index contributed by atoms with van der Waals surface area (Å²) in [5, 5.41) is 3.65. The number of rotatable bonds is 5. The van der Waals surface area contributed by atoms with Gasteiger partial charge >= 0.3 is 0 Å². The predicted octanol–water partition coefficient (Wildman–Crippen LogP) is 4.43. The third-order valence-electron chi connectivity index (χ3n) is 4.58. The van der Waals surface area contributed by atoms with E-state index in [-0.39, 0.29) is 0 Å². The van der Waals surface area contributed by atoms with Crippen molar-refractivity contribution in [2.45, 2.75) is 52.9 Å². The summed E-state index contributed by atoms with van der Waals surface area (Å²) in [6.45, 7) is 11.3. The van der Waals surface area contributed by atoms with E-state index in [1.807, 2.05) is 0 Å². The minimum absolute atomic E-state index is 0.751. The maximum Gasteiger partial charge on any atom is -0.00146 e. The van der Waals surface area contributed by atoms with E-state index in [1.165, 1.54) is 36.9 Å². The summed E-state index contributed by atoms with van der Waals surface area (Å²) >= 11 is 0. The Morgan fingerprint density at radius 3 is 2.63 bits per heavy atom. The van der Waals surface area contributed by atoms with E-state index in [0.717, 1.165) is 24.3 Å². The number of benzene rings is 1. The van der Waals surface area contributed by atoms with Crippen molar-refractivity contribution in [2.75, 3.05) is 13.1 Å². The summed E-state index contributed by atoms with van der Waals surface area (Å²) < 4.78 is 0. The van der Waals surface area contributed by atoms with Gasteiger partial charge in [0.25, 0.3) is 0 Å². The highest BCUT2D eigenvalue weighted by Crippen LogP contribution is 2.39. The zero-order chi connectivity index (χ0) is 13.8. The van der Waals surface area contributed by atoms with Gasteiger partial charge in [0.05, 0.1) is 0 Å². The van der Waals surface area contributed by atoms with Crippen molar-refractivity contribution < 1.29 is 0 Å². The SMILES string of the molecule is Cc1ccc(C2CCCC2CNCC(C)C)cc1C. The largest absolute Gasteiger partial charge is 0.316 e. The molecule has 0 heterocycles. The summed E-state index contributed by atoms with van der Waals surface area (Å²) in [5.74, 6) is 2.36. The van der Waals surface area contributed by atoms with Gasteiger partial charge in [-0.25, -0.2) is 0 Å². The minimum atomic E-state index is 0.751. The van der Waals surface area contributed by atoms with E-state index < -0.39 is 0 Å². The van der Waals surface area contributed by atoms with E-state index in [9.17, 15) is 0 Å². The van der Waals surface area contributed by atoms with Gasteiger partial charge in [0.1, 0.15) is 0 Å². The van der Waals surface area contributed by atoms with Crippen LogP contribution < -0.4 is 5.32 Å². The molecule has 0 aliphatic heterocycles. The Morgan fingerprint density at radius 1 is 1.16 bits per heavy atom. The van der Waals surface area contributed by atoms with Gasteiger partial charge in [-0.3, -0.25) is 0 Å². The van der Waals surface area contributed by atoms with Crippen LogP contribution in [0.15, 0.2) is 18.2 Å². The topological polar surface area (TPSA) is 12.0 Å². The lowest BCUT2D eigenvalue weighted by Gasteiger charge is -2.22. The average molecular weight is 259 g/mol. The molecule has 106 valence electrons. The van der Waals surface area contributed by atoms with Crippen LogP contribution in [-0.2, 0) is 0 Å². The Kier molecular flexibility index (Phi) is 5.04. The lowest BCUT2D eigenvalue weighted by Crippen LogP contribution is -2.27. The number of nitrogens with one attached hydrogen (secondary N) is 1. The third-order valence-corrected chi connectivity index (χ3v) is 4.58. The fourth-order valence-corrected chi connectivity index (χ4v) is 3.27. The van der Waals surface area contributed by atoms with E-state index >= 15 is 0 Å². The number of hydrogen-bond donors (Lipinski definition) is 1. The van der Waals surface area contributed by atoms with Crippen molar-refractivity contribution in [1.82, 2.24) is 5.32 Å². The lowest BCUT2D eigenvalue weighted by atomic mass is 9.87. The Hall–Kier alpha value is -0.820. The van der Waals surface area contributed by atoms with Crippen molar-refractivity contribution in [2.24, 2.45) is 11.8 Å². The van der Waals surface area contributed by atoms with Crippen molar-refractivity contribution in [3.05, 3.63) is 34.9 Å². The van der Waals surface area contributed by atoms with Crippen LogP contribution in [0.1, 0.15) is 55.7 Å². The molecule has 1 saturated carbocycles. The number of aryl methyl sites for hydroxylation is 2. The second-order valence-electron chi connectivity index (χ2n) is 6.69. The molecule has 0 spiro atoms. The van der Waals surface area contributed by atoms with Gasteiger partial charge < -0.3 is 5.32 Å². The van der Waals surface area contributed by atoms with Gasteiger partial charge in [-0.15, -0.1) is 0 Å². The molecule has 1 aromatic rings. The van der Waals surface area contributed by atoms with Crippen molar-refractivity contribution in [3.63, 3.8) is 0 Å². The smallest absolute Gasteiger partial charge is 0.00146 e. The minimum Gasteiger partial charge on any atom is -0.316 e. The molecule has 2 unspecified atom stereocenters. The Bertz CT molecular complexity index is 408. The van der Waals surface area contributed by atoms with Crippen LogP contribution in [0.25, 0.3) is 0 Å². The fraction of sp³-hybridized carbons (Fsp3) is 0.667. The molecule has 1 aliphatic carbocycles. The van der Waals surface area contributed by atoms with E-state index in [2.05, 4.69) is 51.2 Å². The van der Waals surface area contributed by atoms with Crippen LogP contribution in [-0.4, -0.2) is 13.1 Å². The second-order valence-corrected chi connectivity index (χ2v) is 6.69. The van der Waals surface area contributed by atoms with Crippen LogP contribution in [0, 0.1) is 25.7 Å². The van der Waals surface area contributed by atoms with Gasteiger partial charge in [-0.2, -0.15) is 0 Å². The zero-order valence-corrected chi connectivity index (χ0v) is 13.0. The van der Waals surface area contributed by atoms with Gasteiger partial charge in [-0.1, -0.05) is 38.5 Å². The highest BCUT2D eigenvalue weighted by molar-refractivity contribution is 5.32. The molecular weight excluding hydrogens is 230 g/mol. The lowest BCUT2D eigenvalue weighted by molar-refractivity contribution is 0.425. The van der Waals surface area contributed by atoms with Gasteiger partial charge in [0.15, 0.2) is 0 Å². The van der Waals surface area contributed by atoms with Crippen molar-refractivity contribution in [3.8, 4) is 0 Å². The van der Waals surface area contributed by atoms with E-state index in [0.29, 0.717) is 0 Å². The summed E-state index contributed by atoms with van der Waals surface area (Å²) in [6, 6.07) is 7.07. The standard InChI is InChI=1S/C18H29N/c1-13(2)11-19-12-17-6-5-7-18(17)16-9-8-14(3)15(4)10-16/h8-10,13,17-19H,5-7,11-12H2,1-4H3. The van der Waals surface area contributed by atoms with Crippen molar-refractivity contribution >= 4 is 0 Å². The van der Waals surface area contributed by atoms with Crippen LogP contribution in [0.4, 0.5) is 0 Å². The van der Waals surface area contributed by atoms with Gasteiger partial charge in [-0.05, 0) is 74.2 Å². The molecule has 1 nitrogen and oxygen atoms in total. The molecule has 19 heavy (non-hydrogen) atoms. The third kappa shape index (κ3) is 3.82. The number of hydrogen-bond acceptors (Lipinski definition) is 1. The molecule has 0 radical (unpaired) electrons. The highest BCUT2D eigenvalue weighted by atomic mass is 14.9. The van der Waals surface area contributed by atoms with Crippen LogP contribution in [0.3, 0.4) is 0 Å². The maximum absolute atomic E-state index is 3.65. The first-order valence-electron chi connectivity index (χ1n) is 7.85. The molecule has 1 aliphatic rings. The van der Waals surface area contributed by atoms with E-state index in [1.54, 1.807) is 5.56 Å². The Labute approximate surface area is 118 Å². The average Bonchev–Trinajstić information content (AvgIpc) is 2.80. The predicted molar refractivity (Wildman–Crippen MR) is 83.7 cm³/mol. The molecule has 1 aromatic carbocycles. The van der Waals surface area contributed by atoms with Gasteiger partial charge in [0.2, 0.25) is 0 Å². The quantitative estimate of drug-likeness (QED) is 0.824. The maximum atomic E-state index is 3.65. The monoisotopic (exact) mass is 259 g/mol. The summed E-state index contributed by atoms with van der Waals surface area (Å²) in [5.41, 5.74) is 4.42. The first-order valence-corrected chi connectivity index (χ1v) is 7.85. The first kappa shape index (κ1) is 14.6. The summed E-state index contributed by atoms with van der Waals surface area (Å²) in [7, 11) is 0. The summed E-state index contributed by atoms with van der Waals surface area (Å²) in [6.07, 6.45) is 4.16. The molecular formula is C18H29N. The highest BCUT2D eigenvalue weighted by Gasteiger charge is 2.28. The normalized spacial score (nSPS) is 23.2. The Morgan fingerprint density at radius 2 is 1.95 bits per heavy atom. The first-order chi connectivity index (χ1) is 9.08. The molecule has 1 fully saturated rings. The molecule has 0 bridgehead atoms. The molecule has 0 saturated heterocycles.